The van der Waals surface area contributed by atoms with Crippen molar-refractivity contribution in [3.05, 3.63) is 70.4 Å². The molecule has 1 amide bonds. The largest absolute Gasteiger partial charge is 0.496 e. The number of fused-ring (bicyclic) bond motifs is 1. The van der Waals surface area contributed by atoms with Crippen molar-refractivity contribution in [2.24, 2.45) is 0 Å². The molecule has 0 aliphatic heterocycles. The van der Waals surface area contributed by atoms with Crippen molar-refractivity contribution >= 4 is 38.4 Å². The lowest BCUT2D eigenvalue weighted by Crippen LogP contribution is -2.23. The van der Waals surface area contributed by atoms with Crippen LogP contribution in [0.25, 0.3) is 27.7 Å². The zero-order valence-electron chi connectivity index (χ0n) is 18.5. The minimum absolute atomic E-state index is 0.0829. The van der Waals surface area contributed by atoms with Gasteiger partial charge in [-0.05, 0) is 68.4 Å². The summed E-state index contributed by atoms with van der Waals surface area (Å²) in [6, 6.07) is 12.0. The van der Waals surface area contributed by atoms with Crippen molar-refractivity contribution in [2.75, 3.05) is 13.7 Å². The normalized spacial score (nSPS) is 14.3. The monoisotopic (exact) mass is 493 g/mol. The quantitative estimate of drug-likeness (QED) is 0.277. The molecule has 1 heterocycles. The Morgan fingerprint density at radius 2 is 2.12 bits per heavy atom. The molecule has 0 saturated carbocycles. The Morgan fingerprint density at radius 1 is 1.25 bits per heavy atom. The lowest BCUT2D eigenvalue weighted by molar-refractivity contribution is -0.116. The van der Waals surface area contributed by atoms with Crippen LogP contribution in [0.3, 0.4) is 0 Å². The van der Waals surface area contributed by atoms with E-state index < -0.39 is 0 Å². The van der Waals surface area contributed by atoms with Crippen LogP contribution in [-0.2, 0) is 4.79 Å². The fourth-order valence-corrected chi connectivity index (χ4v) is 4.61. The van der Waals surface area contributed by atoms with Crippen LogP contribution in [0, 0.1) is 0 Å². The predicted octanol–water partition coefficient (Wildman–Crippen LogP) is 7.28. The number of nitrogens with one attached hydrogen (secondary N) is 1. The summed E-state index contributed by atoms with van der Waals surface area (Å²) in [6.45, 7) is 2.60. The minimum Gasteiger partial charge on any atom is -0.496 e. The summed E-state index contributed by atoms with van der Waals surface area (Å²) < 4.78 is 12.4. The first-order valence-electron chi connectivity index (χ1n) is 11.0. The van der Waals surface area contributed by atoms with Crippen LogP contribution < -0.4 is 10.1 Å². The van der Waals surface area contributed by atoms with Gasteiger partial charge < -0.3 is 14.5 Å². The van der Waals surface area contributed by atoms with Crippen molar-refractivity contribution < 1.29 is 13.9 Å². The molecule has 166 valence electrons. The van der Waals surface area contributed by atoms with E-state index in [1.165, 1.54) is 24.8 Å². The third kappa shape index (κ3) is 5.16. The molecule has 1 N–H and O–H groups in total. The van der Waals surface area contributed by atoms with E-state index in [1.54, 1.807) is 19.4 Å². The molecule has 0 radical (unpaired) electrons. The lowest BCUT2D eigenvalue weighted by Gasteiger charge is -2.13. The molecule has 0 spiro atoms. The number of hydrogen-bond donors (Lipinski definition) is 1. The Kier molecular flexibility index (Phi) is 7.15. The summed E-state index contributed by atoms with van der Waals surface area (Å²) in [7, 11) is 1.63. The first-order chi connectivity index (χ1) is 15.5. The van der Waals surface area contributed by atoms with E-state index in [4.69, 9.17) is 9.15 Å². The van der Waals surface area contributed by atoms with E-state index in [-0.39, 0.29) is 5.91 Å². The number of hydrogen-bond acceptors (Lipinski definition) is 3. The Balaban J connectivity index is 1.56. The van der Waals surface area contributed by atoms with Crippen molar-refractivity contribution in [3.8, 4) is 16.9 Å². The van der Waals surface area contributed by atoms with Crippen molar-refractivity contribution in [3.63, 3.8) is 0 Å². The molecule has 0 fully saturated rings. The predicted molar refractivity (Wildman–Crippen MR) is 134 cm³/mol. The number of carbonyl (C=O) groups excluding carboxylic acids is 1. The van der Waals surface area contributed by atoms with E-state index in [2.05, 4.69) is 39.5 Å². The molecule has 4 rings (SSSR count). The summed E-state index contributed by atoms with van der Waals surface area (Å²) in [5, 5.41) is 4.01. The fraction of sp³-hybridized carbons (Fsp3) is 0.296. The van der Waals surface area contributed by atoms with E-state index in [0.717, 1.165) is 50.5 Å². The average molecular weight is 494 g/mol. The molecule has 4 nitrogen and oxygen atoms in total. The Morgan fingerprint density at radius 3 is 2.88 bits per heavy atom. The maximum Gasteiger partial charge on any atom is 0.244 e. The third-order valence-electron chi connectivity index (χ3n) is 5.93. The molecular weight excluding hydrogens is 466 g/mol. The van der Waals surface area contributed by atoms with Crippen LogP contribution in [-0.4, -0.2) is 19.6 Å². The molecule has 0 unspecified atom stereocenters. The number of furan rings is 1. The van der Waals surface area contributed by atoms with Gasteiger partial charge in [0.05, 0.1) is 13.4 Å². The summed E-state index contributed by atoms with van der Waals surface area (Å²) in [5.41, 5.74) is 6.00. The van der Waals surface area contributed by atoms with Gasteiger partial charge in [0.15, 0.2) is 0 Å². The number of benzene rings is 2. The van der Waals surface area contributed by atoms with Crippen molar-refractivity contribution in [1.29, 1.82) is 0 Å². The van der Waals surface area contributed by atoms with Crippen molar-refractivity contribution in [2.45, 2.75) is 39.0 Å². The molecular formula is C27H28BrNO3. The SMILES string of the molecule is COc1cc2occ(-c3cccc(Br)c3)c2cc1/C(C)=C/C(=O)NCCC1=CCCCC1. The number of allylic oxidation sites excluding steroid dienone is 2. The van der Waals surface area contributed by atoms with Crippen LogP contribution in [0.2, 0.25) is 0 Å². The van der Waals surface area contributed by atoms with E-state index >= 15 is 0 Å². The second-order valence-corrected chi connectivity index (χ2v) is 9.10. The van der Waals surface area contributed by atoms with Gasteiger partial charge in [-0.1, -0.05) is 39.7 Å². The number of ether oxygens (including phenoxy) is 1. The Hall–Kier alpha value is -2.79. The Bertz CT molecular complexity index is 1190. The highest BCUT2D eigenvalue weighted by Gasteiger charge is 2.15. The van der Waals surface area contributed by atoms with Gasteiger partial charge in [0.1, 0.15) is 11.3 Å². The molecule has 1 aliphatic rings. The maximum atomic E-state index is 12.5. The first kappa shape index (κ1) is 22.4. The molecule has 2 aromatic carbocycles. The van der Waals surface area contributed by atoms with Crippen LogP contribution in [0.1, 0.15) is 44.6 Å². The molecule has 1 aromatic heterocycles. The topological polar surface area (TPSA) is 51.5 Å². The number of amides is 1. The van der Waals surface area contributed by atoms with Gasteiger partial charge in [-0.2, -0.15) is 0 Å². The second-order valence-electron chi connectivity index (χ2n) is 8.18. The molecule has 32 heavy (non-hydrogen) atoms. The molecule has 5 heteroatoms. The summed E-state index contributed by atoms with van der Waals surface area (Å²) >= 11 is 3.54. The first-order valence-corrected chi connectivity index (χ1v) is 11.8. The highest BCUT2D eigenvalue weighted by atomic mass is 79.9. The van der Waals surface area contributed by atoms with Crippen LogP contribution >= 0.6 is 15.9 Å². The van der Waals surface area contributed by atoms with Crippen LogP contribution in [0.15, 0.2) is 69.3 Å². The smallest absolute Gasteiger partial charge is 0.244 e. The summed E-state index contributed by atoms with van der Waals surface area (Å²) in [5.74, 6) is 0.599. The second kappa shape index (κ2) is 10.2. The molecule has 0 bridgehead atoms. The van der Waals surface area contributed by atoms with Crippen LogP contribution in [0.4, 0.5) is 0 Å². The lowest BCUT2D eigenvalue weighted by atomic mass is 9.97. The number of rotatable bonds is 7. The van der Waals surface area contributed by atoms with Gasteiger partial charge >= 0.3 is 0 Å². The van der Waals surface area contributed by atoms with E-state index in [0.29, 0.717) is 12.3 Å². The van der Waals surface area contributed by atoms with Gasteiger partial charge in [-0.15, -0.1) is 0 Å². The summed E-state index contributed by atoms with van der Waals surface area (Å²) in [4.78, 5) is 12.5. The highest BCUT2D eigenvalue weighted by Crippen LogP contribution is 2.37. The Labute approximate surface area is 197 Å². The highest BCUT2D eigenvalue weighted by molar-refractivity contribution is 9.10. The zero-order chi connectivity index (χ0) is 22.5. The number of halogens is 1. The van der Waals surface area contributed by atoms with Gasteiger partial charge in [0.2, 0.25) is 5.91 Å². The van der Waals surface area contributed by atoms with Crippen molar-refractivity contribution in [1.82, 2.24) is 5.32 Å². The van der Waals surface area contributed by atoms with Crippen LogP contribution in [0.5, 0.6) is 5.75 Å². The van der Waals surface area contributed by atoms with E-state index in [9.17, 15) is 4.79 Å². The molecule has 0 saturated heterocycles. The van der Waals surface area contributed by atoms with Gasteiger partial charge in [-0.25, -0.2) is 0 Å². The minimum atomic E-state index is -0.0829. The third-order valence-corrected chi connectivity index (χ3v) is 6.43. The van der Waals surface area contributed by atoms with Gasteiger partial charge in [-0.3, -0.25) is 4.79 Å². The zero-order valence-corrected chi connectivity index (χ0v) is 20.1. The number of methoxy groups -OCH3 is 1. The maximum absolute atomic E-state index is 12.5. The molecule has 3 aromatic rings. The number of carbonyl (C=O) groups is 1. The van der Waals surface area contributed by atoms with Gasteiger partial charge in [0.25, 0.3) is 0 Å². The van der Waals surface area contributed by atoms with E-state index in [1.807, 2.05) is 31.2 Å². The fourth-order valence-electron chi connectivity index (χ4n) is 4.22. The molecule has 0 atom stereocenters. The van der Waals surface area contributed by atoms with Gasteiger partial charge in [0, 0.05) is 39.7 Å². The summed E-state index contributed by atoms with van der Waals surface area (Å²) in [6.07, 6.45) is 11.5. The standard InChI is InChI=1S/C27H28BrNO3/c1-18(13-27(30)29-12-11-19-7-4-3-5-8-19)22-15-23-24(20-9-6-10-21(28)14-20)17-32-26(23)16-25(22)31-2/h6-7,9-10,13-17H,3-5,8,11-12H2,1-2H3,(H,29,30)/b18-13+. The average Bonchev–Trinajstić information content (AvgIpc) is 3.21. The molecule has 1 aliphatic carbocycles.